The molecule has 2 rings (SSSR count). The lowest BCUT2D eigenvalue weighted by molar-refractivity contribution is -0.119. The van der Waals surface area contributed by atoms with Gasteiger partial charge in [0.05, 0.1) is 12.5 Å². The fourth-order valence-electron chi connectivity index (χ4n) is 1.44. The number of hydrogen-bond acceptors (Lipinski definition) is 3. The Hall–Kier alpha value is -1.13. The van der Waals surface area contributed by atoms with E-state index in [0.717, 1.165) is 6.42 Å². The number of pyridine rings is 1. The maximum atomic E-state index is 11.7. The molecule has 0 aliphatic carbocycles. The number of hydrogen-bond donors (Lipinski definition) is 1. The molecule has 0 bridgehead atoms. The summed E-state index contributed by atoms with van der Waals surface area (Å²) in [5.74, 6) is 0.368. The first kappa shape index (κ1) is 10.4. The molecule has 1 aromatic heterocycles. The molecule has 1 amide bonds. The fraction of sp³-hybridized carbons (Fsp3) is 0.400. The van der Waals surface area contributed by atoms with Crippen LogP contribution in [0.5, 0.6) is 0 Å². The van der Waals surface area contributed by atoms with Crippen LogP contribution in [0.3, 0.4) is 0 Å². The van der Waals surface area contributed by atoms with Gasteiger partial charge in [-0.25, -0.2) is 4.98 Å². The van der Waals surface area contributed by atoms with Crippen LogP contribution in [0.15, 0.2) is 18.3 Å². The van der Waals surface area contributed by atoms with Gasteiger partial charge in [0.15, 0.2) is 0 Å². The predicted octanol–water partition coefficient (Wildman–Crippen LogP) is 1.71. The lowest BCUT2D eigenvalue weighted by atomic mass is 10.1. The maximum absolute atomic E-state index is 11.7. The van der Waals surface area contributed by atoms with Gasteiger partial charge in [-0.2, -0.15) is 0 Å². The molecule has 1 N–H and O–H groups in total. The molecule has 1 aromatic rings. The molecule has 2 heterocycles. The Labute approximate surface area is 92.6 Å². The third-order valence-corrected chi connectivity index (χ3v) is 2.51. The number of nitrogens with one attached hydrogen (secondary N) is 1. The van der Waals surface area contributed by atoms with Crippen molar-refractivity contribution in [2.45, 2.75) is 6.42 Å². The highest BCUT2D eigenvalue weighted by atomic mass is 35.5. The number of rotatable bonds is 2. The Kier molecular flexibility index (Phi) is 3.18. The fourth-order valence-corrected chi connectivity index (χ4v) is 1.60. The van der Waals surface area contributed by atoms with E-state index in [1.807, 2.05) is 0 Å². The first-order chi connectivity index (χ1) is 7.25. The molecule has 1 fully saturated rings. The van der Waals surface area contributed by atoms with Crippen LogP contribution in [-0.2, 0) is 9.53 Å². The average Bonchev–Trinajstić information content (AvgIpc) is 2.70. The van der Waals surface area contributed by atoms with Crippen molar-refractivity contribution in [3.63, 3.8) is 0 Å². The Balaban J connectivity index is 1.99. The van der Waals surface area contributed by atoms with Crippen LogP contribution in [0, 0.1) is 5.92 Å². The number of nitrogens with zero attached hydrogens (tertiary/aromatic N) is 1. The highest BCUT2D eigenvalue weighted by molar-refractivity contribution is 6.30. The maximum Gasteiger partial charge on any atom is 0.231 e. The van der Waals surface area contributed by atoms with E-state index in [9.17, 15) is 4.79 Å². The van der Waals surface area contributed by atoms with Crippen LogP contribution in [0.2, 0.25) is 5.02 Å². The van der Waals surface area contributed by atoms with Crippen LogP contribution < -0.4 is 5.32 Å². The van der Waals surface area contributed by atoms with E-state index in [0.29, 0.717) is 24.1 Å². The molecule has 0 radical (unpaired) electrons. The number of ether oxygens (including phenoxy) is 1. The van der Waals surface area contributed by atoms with Gasteiger partial charge in [0.2, 0.25) is 5.91 Å². The summed E-state index contributed by atoms with van der Waals surface area (Å²) in [4.78, 5) is 15.6. The first-order valence-electron chi connectivity index (χ1n) is 4.76. The minimum Gasteiger partial charge on any atom is -0.381 e. The summed E-state index contributed by atoms with van der Waals surface area (Å²) in [5.41, 5.74) is 0. The zero-order chi connectivity index (χ0) is 10.7. The molecule has 1 atom stereocenters. The first-order valence-corrected chi connectivity index (χ1v) is 5.13. The van der Waals surface area contributed by atoms with Crippen molar-refractivity contribution in [1.82, 2.24) is 4.98 Å². The molecule has 0 aromatic carbocycles. The van der Waals surface area contributed by atoms with Gasteiger partial charge in [0.25, 0.3) is 0 Å². The van der Waals surface area contributed by atoms with Gasteiger partial charge in [-0.15, -0.1) is 0 Å². The van der Waals surface area contributed by atoms with E-state index in [1.54, 1.807) is 18.3 Å². The molecule has 1 aliphatic rings. The summed E-state index contributed by atoms with van der Waals surface area (Å²) in [5, 5.41) is 3.27. The quantitative estimate of drug-likeness (QED) is 0.835. The van der Waals surface area contributed by atoms with Crippen LogP contribution in [-0.4, -0.2) is 24.1 Å². The van der Waals surface area contributed by atoms with E-state index in [-0.39, 0.29) is 11.8 Å². The highest BCUT2D eigenvalue weighted by Crippen LogP contribution is 2.16. The molecular weight excluding hydrogens is 216 g/mol. The summed E-state index contributed by atoms with van der Waals surface area (Å²) < 4.78 is 5.13. The molecular formula is C10H11ClN2O2. The van der Waals surface area contributed by atoms with Crippen molar-refractivity contribution in [2.24, 2.45) is 5.92 Å². The van der Waals surface area contributed by atoms with E-state index >= 15 is 0 Å². The van der Waals surface area contributed by atoms with E-state index in [1.165, 1.54) is 0 Å². The van der Waals surface area contributed by atoms with E-state index in [4.69, 9.17) is 16.3 Å². The minimum atomic E-state index is -0.0641. The number of amides is 1. The third kappa shape index (κ3) is 2.67. The zero-order valence-electron chi connectivity index (χ0n) is 8.07. The summed E-state index contributed by atoms with van der Waals surface area (Å²) >= 11 is 5.77. The number of halogens is 1. The van der Waals surface area contributed by atoms with E-state index < -0.39 is 0 Å². The van der Waals surface area contributed by atoms with Gasteiger partial charge in [-0.05, 0) is 18.6 Å². The summed E-state index contributed by atoms with van der Waals surface area (Å²) in [6.07, 6.45) is 2.33. The Morgan fingerprint density at radius 3 is 3.20 bits per heavy atom. The Bertz CT molecular complexity index is 364. The van der Waals surface area contributed by atoms with Crippen molar-refractivity contribution < 1.29 is 9.53 Å². The summed E-state index contributed by atoms with van der Waals surface area (Å²) in [6.45, 7) is 1.15. The zero-order valence-corrected chi connectivity index (χ0v) is 8.83. The van der Waals surface area contributed by atoms with Crippen LogP contribution in [0.4, 0.5) is 5.82 Å². The van der Waals surface area contributed by atoms with Crippen molar-refractivity contribution in [2.75, 3.05) is 18.5 Å². The van der Waals surface area contributed by atoms with Gasteiger partial charge in [-0.1, -0.05) is 11.6 Å². The molecule has 1 aliphatic heterocycles. The Morgan fingerprint density at radius 2 is 2.53 bits per heavy atom. The van der Waals surface area contributed by atoms with Crippen molar-refractivity contribution >= 4 is 23.3 Å². The van der Waals surface area contributed by atoms with E-state index in [2.05, 4.69) is 10.3 Å². The Morgan fingerprint density at radius 1 is 1.67 bits per heavy atom. The number of aromatic nitrogens is 1. The van der Waals surface area contributed by atoms with Crippen molar-refractivity contribution in [3.05, 3.63) is 23.4 Å². The highest BCUT2D eigenvalue weighted by Gasteiger charge is 2.23. The molecule has 0 spiro atoms. The van der Waals surface area contributed by atoms with Gasteiger partial charge >= 0.3 is 0 Å². The third-order valence-electron chi connectivity index (χ3n) is 2.27. The molecule has 15 heavy (non-hydrogen) atoms. The summed E-state index contributed by atoms with van der Waals surface area (Å²) in [7, 11) is 0. The van der Waals surface area contributed by atoms with Crippen LogP contribution in [0.1, 0.15) is 6.42 Å². The number of carbonyl (C=O) groups excluding carboxylic acids is 1. The van der Waals surface area contributed by atoms with Gasteiger partial charge in [0.1, 0.15) is 5.82 Å². The van der Waals surface area contributed by atoms with Gasteiger partial charge in [0, 0.05) is 17.8 Å². The van der Waals surface area contributed by atoms with Gasteiger partial charge in [-0.3, -0.25) is 4.79 Å². The van der Waals surface area contributed by atoms with Crippen LogP contribution >= 0.6 is 11.6 Å². The molecule has 4 nitrogen and oxygen atoms in total. The monoisotopic (exact) mass is 226 g/mol. The molecule has 80 valence electrons. The molecule has 1 unspecified atom stereocenters. The smallest absolute Gasteiger partial charge is 0.231 e. The van der Waals surface area contributed by atoms with Crippen molar-refractivity contribution in [1.29, 1.82) is 0 Å². The van der Waals surface area contributed by atoms with Crippen LogP contribution in [0.25, 0.3) is 0 Å². The lowest BCUT2D eigenvalue weighted by Gasteiger charge is -2.08. The topological polar surface area (TPSA) is 51.2 Å². The molecule has 1 saturated heterocycles. The second-order valence-electron chi connectivity index (χ2n) is 3.41. The van der Waals surface area contributed by atoms with Crippen molar-refractivity contribution in [3.8, 4) is 0 Å². The second-order valence-corrected chi connectivity index (χ2v) is 3.85. The SMILES string of the molecule is O=C(Nc1cc(Cl)ccn1)C1CCOC1. The predicted molar refractivity (Wildman–Crippen MR) is 56.8 cm³/mol. The summed E-state index contributed by atoms with van der Waals surface area (Å²) in [6, 6.07) is 3.28. The largest absolute Gasteiger partial charge is 0.381 e. The lowest BCUT2D eigenvalue weighted by Crippen LogP contribution is -2.23. The number of carbonyl (C=O) groups is 1. The molecule has 0 saturated carbocycles. The van der Waals surface area contributed by atoms with Gasteiger partial charge < -0.3 is 10.1 Å². The normalized spacial score (nSPS) is 20.2. The number of anilines is 1. The second kappa shape index (κ2) is 4.59. The molecule has 5 heteroatoms. The minimum absolute atomic E-state index is 0.0535. The average molecular weight is 227 g/mol. The standard InChI is InChI=1S/C10H11ClN2O2/c11-8-1-3-12-9(5-8)13-10(14)7-2-4-15-6-7/h1,3,5,7H,2,4,6H2,(H,12,13,14).